The first-order chi connectivity index (χ1) is 9.70. The first kappa shape index (κ1) is 14.3. The largest absolute Gasteiger partial charge is 0.466 e. The molecule has 2 aromatic rings. The summed E-state index contributed by atoms with van der Waals surface area (Å²) in [7, 11) is 0. The number of unbranched alkanes of at least 4 members (excludes halogenated alkanes) is 1. The van der Waals surface area contributed by atoms with Crippen molar-refractivity contribution in [2.75, 3.05) is 6.61 Å². The third kappa shape index (κ3) is 3.70. The van der Waals surface area contributed by atoms with E-state index in [1.807, 2.05) is 24.3 Å². The average Bonchev–Trinajstić information content (AvgIpc) is 2.44. The molecule has 0 saturated carbocycles. The van der Waals surface area contributed by atoms with E-state index in [2.05, 4.69) is 0 Å². The maximum Gasteiger partial charge on any atom is 0.339 e. The molecule has 0 aliphatic heterocycles. The number of hydrogen-bond acceptors (Lipinski definition) is 4. The summed E-state index contributed by atoms with van der Waals surface area (Å²) in [5.74, 6) is -0.182. The highest BCUT2D eigenvalue weighted by atomic mass is 16.5. The molecule has 0 atom stereocenters. The van der Waals surface area contributed by atoms with Gasteiger partial charge in [-0.3, -0.25) is 4.79 Å². The third-order valence-corrected chi connectivity index (χ3v) is 3.10. The zero-order valence-corrected chi connectivity index (χ0v) is 11.6. The number of carbonyl (C=O) groups is 1. The minimum Gasteiger partial charge on any atom is -0.466 e. The van der Waals surface area contributed by atoms with Crippen LogP contribution in [0.25, 0.3) is 11.0 Å². The number of benzene rings is 1. The highest BCUT2D eigenvalue weighted by Gasteiger charge is 2.06. The van der Waals surface area contributed by atoms with Gasteiger partial charge in [0.25, 0.3) is 0 Å². The Kier molecular flexibility index (Phi) is 4.93. The molecule has 0 N–H and O–H groups in total. The Morgan fingerprint density at radius 3 is 2.85 bits per heavy atom. The first-order valence-electron chi connectivity index (χ1n) is 6.88. The molecule has 1 aromatic heterocycles. The zero-order chi connectivity index (χ0) is 14.4. The monoisotopic (exact) mass is 274 g/mol. The van der Waals surface area contributed by atoms with Crippen molar-refractivity contribution in [3.8, 4) is 0 Å². The number of carbonyl (C=O) groups excluding carboxylic acids is 1. The van der Waals surface area contributed by atoms with Gasteiger partial charge in [0.15, 0.2) is 0 Å². The van der Waals surface area contributed by atoms with Gasteiger partial charge in [-0.25, -0.2) is 4.79 Å². The third-order valence-electron chi connectivity index (χ3n) is 3.10. The van der Waals surface area contributed by atoms with Crippen LogP contribution in [0.15, 0.2) is 39.5 Å². The van der Waals surface area contributed by atoms with Crippen LogP contribution in [0, 0.1) is 0 Å². The van der Waals surface area contributed by atoms with Crippen LogP contribution in [-0.2, 0) is 16.0 Å². The Morgan fingerprint density at radius 2 is 2.05 bits per heavy atom. The Morgan fingerprint density at radius 1 is 1.25 bits per heavy atom. The van der Waals surface area contributed by atoms with Crippen LogP contribution in [0.1, 0.15) is 31.7 Å². The van der Waals surface area contributed by atoms with E-state index >= 15 is 0 Å². The van der Waals surface area contributed by atoms with Gasteiger partial charge < -0.3 is 9.15 Å². The van der Waals surface area contributed by atoms with Crippen molar-refractivity contribution in [1.29, 1.82) is 0 Å². The Labute approximate surface area is 117 Å². The molecule has 0 aliphatic carbocycles. The SMILES string of the molecule is CCOC(=O)CCCCc1cc2ccccc2oc1=O. The van der Waals surface area contributed by atoms with E-state index in [4.69, 9.17) is 9.15 Å². The van der Waals surface area contributed by atoms with Crippen molar-refractivity contribution in [2.24, 2.45) is 0 Å². The molecule has 20 heavy (non-hydrogen) atoms. The van der Waals surface area contributed by atoms with Crippen molar-refractivity contribution in [3.63, 3.8) is 0 Å². The molecule has 0 amide bonds. The maximum absolute atomic E-state index is 11.8. The van der Waals surface area contributed by atoms with Gasteiger partial charge in [0, 0.05) is 17.4 Å². The van der Waals surface area contributed by atoms with Crippen molar-refractivity contribution in [3.05, 3.63) is 46.3 Å². The number of ether oxygens (including phenoxy) is 1. The van der Waals surface area contributed by atoms with Gasteiger partial charge >= 0.3 is 11.6 Å². The van der Waals surface area contributed by atoms with Crippen molar-refractivity contribution in [2.45, 2.75) is 32.6 Å². The molecule has 0 aliphatic rings. The van der Waals surface area contributed by atoms with Crippen LogP contribution in [0.2, 0.25) is 0 Å². The smallest absolute Gasteiger partial charge is 0.339 e. The van der Waals surface area contributed by atoms with E-state index in [0.29, 0.717) is 37.0 Å². The van der Waals surface area contributed by atoms with Gasteiger partial charge in [0.1, 0.15) is 5.58 Å². The summed E-state index contributed by atoms with van der Waals surface area (Å²) < 4.78 is 10.1. The van der Waals surface area contributed by atoms with Gasteiger partial charge in [-0.05, 0) is 38.3 Å². The number of para-hydroxylation sites is 1. The van der Waals surface area contributed by atoms with Gasteiger partial charge in [0.2, 0.25) is 0 Å². The van der Waals surface area contributed by atoms with E-state index in [1.165, 1.54) is 0 Å². The molecule has 0 fully saturated rings. The van der Waals surface area contributed by atoms with Gasteiger partial charge in [0.05, 0.1) is 6.61 Å². The topological polar surface area (TPSA) is 56.5 Å². The Bertz CT molecular complexity index is 642. The molecule has 4 heteroatoms. The average molecular weight is 274 g/mol. The standard InChI is InChI=1S/C16H18O4/c1-2-19-15(17)10-6-4-8-13-11-12-7-3-5-9-14(12)20-16(13)18/h3,5,7,9,11H,2,4,6,8,10H2,1H3. The van der Waals surface area contributed by atoms with E-state index in [1.54, 1.807) is 13.0 Å². The summed E-state index contributed by atoms with van der Waals surface area (Å²) >= 11 is 0. The van der Waals surface area contributed by atoms with Crippen molar-refractivity contribution in [1.82, 2.24) is 0 Å². The molecule has 106 valence electrons. The number of aryl methyl sites for hydroxylation is 1. The highest BCUT2D eigenvalue weighted by Crippen LogP contribution is 2.14. The van der Waals surface area contributed by atoms with Crippen LogP contribution in [0.4, 0.5) is 0 Å². The normalized spacial score (nSPS) is 10.7. The van der Waals surface area contributed by atoms with Gasteiger partial charge in [-0.1, -0.05) is 18.2 Å². The summed E-state index contributed by atoms with van der Waals surface area (Å²) in [6.07, 6.45) is 2.49. The summed E-state index contributed by atoms with van der Waals surface area (Å²) in [4.78, 5) is 23.0. The van der Waals surface area contributed by atoms with Crippen LogP contribution < -0.4 is 5.63 Å². The molecule has 0 radical (unpaired) electrons. The zero-order valence-electron chi connectivity index (χ0n) is 11.6. The molecule has 0 bridgehead atoms. The number of rotatable bonds is 6. The molecule has 2 rings (SSSR count). The van der Waals surface area contributed by atoms with Crippen LogP contribution >= 0.6 is 0 Å². The van der Waals surface area contributed by atoms with Crippen molar-refractivity contribution >= 4 is 16.9 Å². The fourth-order valence-electron chi connectivity index (χ4n) is 2.10. The molecule has 0 saturated heterocycles. The van der Waals surface area contributed by atoms with E-state index in [0.717, 1.165) is 11.8 Å². The van der Waals surface area contributed by atoms with Crippen molar-refractivity contribution < 1.29 is 13.9 Å². The number of esters is 1. The van der Waals surface area contributed by atoms with Crippen LogP contribution in [0.3, 0.4) is 0 Å². The first-order valence-corrected chi connectivity index (χ1v) is 6.88. The summed E-state index contributed by atoms with van der Waals surface area (Å²) in [6, 6.07) is 9.31. The number of fused-ring (bicyclic) bond motifs is 1. The summed E-state index contributed by atoms with van der Waals surface area (Å²) in [5.41, 5.74) is 0.972. The highest BCUT2D eigenvalue weighted by molar-refractivity contribution is 5.76. The molecule has 1 heterocycles. The second-order valence-electron chi connectivity index (χ2n) is 4.61. The molecular weight excluding hydrogens is 256 g/mol. The fourth-order valence-corrected chi connectivity index (χ4v) is 2.10. The minimum absolute atomic E-state index is 0.182. The van der Waals surface area contributed by atoms with E-state index in [-0.39, 0.29) is 11.6 Å². The lowest BCUT2D eigenvalue weighted by Crippen LogP contribution is -2.08. The quantitative estimate of drug-likeness (QED) is 0.461. The van der Waals surface area contributed by atoms with Crippen LogP contribution in [-0.4, -0.2) is 12.6 Å². The lowest BCUT2D eigenvalue weighted by atomic mass is 10.1. The predicted molar refractivity (Wildman–Crippen MR) is 76.7 cm³/mol. The minimum atomic E-state index is -0.292. The van der Waals surface area contributed by atoms with Gasteiger partial charge in [-0.2, -0.15) is 0 Å². The van der Waals surface area contributed by atoms with Gasteiger partial charge in [-0.15, -0.1) is 0 Å². The lowest BCUT2D eigenvalue weighted by Gasteiger charge is -2.03. The Balaban J connectivity index is 1.94. The predicted octanol–water partition coefficient (Wildman–Crippen LogP) is 3.07. The van der Waals surface area contributed by atoms with E-state index < -0.39 is 0 Å². The molecule has 1 aromatic carbocycles. The molecular formula is C16H18O4. The fraction of sp³-hybridized carbons (Fsp3) is 0.375. The maximum atomic E-state index is 11.8. The summed E-state index contributed by atoms with van der Waals surface area (Å²) in [5, 5.41) is 0.924. The Hall–Kier alpha value is -2.10. The molecule has 0 spiro atoms. The second kappa shape index (κ2) is 6.89. The number of hydrogen-bond donors (Lipinski definition) is 0. The molecule has 4 nitrogen and oxygen atoms in total. The lowest BCUT2D eigenvalue weighted by molar-refractivity contribution is -0.143. The van der Waals surface area contributed by atoms with E-state index in [9.17, 15) is 9.59 Å². The second-order valence-corrected chi connectivity index (χ2v) is 4.61. The summed E-state index contributed by atoms with van der Waals surface area (Å²) in [6.45, 7) is 2.20. The molecule has 0 unspecified atom stereocenters. The van der Waals surface area contributed by atoms with Crippen LogP contribution in [0.5, 0.6) is 0 Å².